The number of nitrogens with two attached hydrogens (primary N) is 1. The van der Waals surface area contributed by atoms with Gasteiger partial charge in [-0.2, -0.15) is 0 Å². The summed E-state index contributed by atoms with van der Waals surface area (Å²) in [6, 6.07) is 0. The number of carbonyl (C=O) groups is 1. The topological polar surface area (TPSA) is 117 Å². The number of ether oxygens (including phenoxy) is 2. The Labute approximate surface area is 360 Å². The van der Waals surface area contributed by atoms with Gasteiger partial charge in [-0.15, -0.1) is 0 Å². The van der Waals surface area contributed by atoms with Crippen LogP contribution in [0.5, 0.6) is 0 Å². The highest BCUT2D eigenvalue weighted by Crippen LogP contribution is 2.43. The molecule has 0 aromatic heterocycles. The van der Waals surface area contributed by atoms with Crippen molar-refractivity contribution in [3.63, 3.8) is 0 Å². The minimum atomic E-state index is -4.28. The average molecular weight is 844 g/mol. The predicted octanol–water partition coefficient (Wildman–Crippen LogP) is 15.4. The van der Waals surface area contributed by atoms with Crippen LogP contribution < -0.4 is 5.73 Å². The molecule has 0 heterocycles. The first kappa shape index (κ1) is 57.2. The first-order chi connectivity index (χ1) is 28.4. The third-order valence-electron chi connectivity index (χ3n) is 11.2. The lowest BCUT2D eigenvalue weighted by molar-refractivity contribution is -0.154. The van der Waals surface area contributed by atoms with Gasteiger partial charge in [0, 0.05) is 19.6 Å². The van der Waals surface area contributed by atoms with Crippen LogP contribution in [0.2, 0.25) is 0 Å². The van der Waals surface area contributed by atoms with Crippen LogP contribution in [0.1, 0.15) is 258 Å². The SMILES string of the molecule is CCCCCCC/C=C\CCCCCCCC(=O)OC(COCCCCCCCCCCCCCCCCCCCCCCCCCCC)COP(=O)(O)OCCN. The summed E-state index contributed by atoms with van der Waals surface area (Å²) in [5.41, 5.74) is 5.38. The van der Waals surface area contributed by atoms with Crippen LogP contribution in [-0.2, 0) is 27.9 Å². The number of rotatable bonds is 49. The summed E-state index contributed by atoms with van der Waals surface area (Å²) in [6.07, 6.45) is 52.5. The van der Waals surface area contributed by atoms with Gasteiger partial charge in [0.05, 0.1) is 19.8 Å². The monoisotopic (exact) mass is 844 g/mol. The lowest BCUT2D eigenvalue weighted by Crippen LogP contribution is -2.28. The molecule has 0 spiro atoms. The third-order valence-corrected chi connectivity index (χ3v) is 12.2. The molecule has 0 aromatic carbocycles. The molecule has 8 nitrogen and oxygen atoms in total. The molecule has 2 unspecified atom stereocenters. The zero-order valence-corrected chi connectivity index (χ0v) is 39.5. The van der Waals surface area contributed by atoms with Crippen LogP contribution in [0, 0.1) is 0 Å². The summed E-state index contributed by atoms with van der Waals surface area (Å²) in [4.78, 5) is 22.5. The zero-order chi connectivity index (χ0) is 42.3. The second-order valence-corrected chi connectivity index (χ2v) is 18.5. The Morgan fingerprint density at radius 2 is 0.862 bits per heavy atom. The first-order valence-electron chi connectivity index (χ1n) is 25.2. The molecule has 0 rings (SSSR count). The largest absolute Gasteiger partial charge is 0.472 e. The number of phosphoric acid groups is 1. The fourth-order valence-corrected chi connectivity index (χ4v) is 8.23. The van der Waals surface area contributed by atoms with Crippen LogP contribution in [0.15, 0.2) is 12.2 Å². The van der Waals surface area contributed by atoms with E-state index < -0.39 is 13.9 Å². The molecule has 0 aliphatic rings. The van der Waals surface area contributed by atoms with E-state index in [2.05, 4.69) is 26.0 Å². The number of hydrogen-bond acceptors (Lipinski definition) is 7. The molecule has 0 aliphatic heterocycles. The minimum absolute atomic E-state index is 0.0935. The zero-order valence-electron chi connectivity index (χ0n) is 38.6. The number of unbranched alkanes of at least 4 members (excludes halogenated alkanes) is 34. The van der Waals surface area contributed by atoms with Crippen molar-refractivity contribution < 1.29 is 32.8 Å². The number of hydrogen-bond donors (Lipinski definition) is 2. The molecular weight excluding hydrogens is 746 g/mol. The Balaban J connectivity index is 3.84. The maximum Gasteiger partial charge on any atom is 0.472 e. The molecule has 58 heavy (non-hydrogen) atoms. The van der Waals surface area contributed by atoms with Crippen LogP contribution in [-0.4, -0.2) is 49.9 Å². The smallest absolute Gasteiger partial charge is 0.457 e. The van der Waals surface area contributed by atoms with Crippen LogP contribution in [0.25, 0.3) is 0 Å². The highest BCUT2D eigenvalue weighted by Gasteiger charge is 2.25. The van der Waals surface area contributed by atoms with Gasteiger partial charge in [0.15, 0.2) is 0 Å². The van der Waals surface area contributed by atoms with E-state index in [9.17, 15) is 14.3 Å². The summed E-state index contributed by atoms with van der Waals surface area (Å²) in [5.74, 6) is -0.334. The molecule has 0 saturated carbocycles. The van der Waals surface area contributed by atoms with Crippen molar-refractivity contribution in [2.45, 2.75) is 264 Å². The number of carbonyl (C=O) groups excluding carboxylic acids is 1. The van der Waals surface area contributed by atoms with E-state index in [1.807, 2.05) is 0 Å². The van der Waals surface area contributed by atoms with Gasteiger partial charge in [-0.05, 0) is 38.5 Å². The van der Waals surface area contributed by atoms with Gasteiger partial charge in [-0.25, -0.2) is 4.57 Å². The number of allylic oxidation sites excluding steroid dienone is 2. The fraction of sp³-hybridized carbons (Fsp3) is 0.939. The van der Waals surface area contributed by atoms with Gasteiger partial charge in [0.25, 0.3) is 0 Å². The van der Waals surface area contributed by atoms with Crippen molar-refractivity contribution in [2.24, 2.45) is 5.73 Å². The maximum atomic E-state index is 12.6. The van der Waals surface area contributed by atoms with E-state index in [1.54, 1.807) is 0 Å². The molecule has 0 fully saturated rings. The summed E-state index contributed by atoms with van der Waals surface area (Å²) in [5, 5.41) is 0. The molecule has 346 valence electrons. The van der Waals surface area contributed by atoms with Crippen LogP contribution in [0.3, 0.4) is 0 Å². The lowest BCUT2D eigenvalue weighted by atomic mass is 10.0. The van der Waals surface area contributed by atoms with E-state index in [0.29, 0.717) is 13.0 Å². The van der Waals surface area contributed by atoms with E-state index in [1.165, 1.54) is 193 Å². The van der Waals surface area contributed by atoms with E-state index in [4.69, 9.17) is 24.3 Å². The van der Waals surface area contributed by atoms with E-state index in [-0.39, 0.29) is 32.3 Å². The molecule has 0 aliphatic carbocycles. The van der Waals surface area contributed by atoms with Crippen molar-refractivity contribution in [2.75, 3.05) is 33.0 Å². The fourth-order valence-electron chi connectivity index (χ4n) is 7.46. The first-order valence-corrected chi connectivity index (χ1v) is 26.7. The number of esters is 1. The van der Waals surface area contributed by atoms with Gasteiger partial charge < -0.3 is 20.1 Å². The minimum Gasteiger partial charge on any atom is -0.457 e. The molecule has 0 aromatic rings. The molecule has 0 radical (unpaired) electrons. The van der Waals surface area contributed by atoms with Gasteiger partial charge in [0.1, 0.15) is 6.10 Å². The van der Waals surface area contributed by atoms with Gasteiger partial charge in [-0.1, -0.05) is 225 Å². The van der Waals surface area contributed by atoms with Crippen molar-refractivity contribution in [3.05, 3.63) is 12.2 Å². The summed E-state index contributed by atoms with van der Waals surface area (Å²) in [6.45, 7) is 4.96. The van der Waals surface area contributed by atoms with Gasteiger partial charge in [0.2, 0.25) is 0 Å². The molecule has 0 bridgehead atoms. The highest BCUT2D eigenvalue weighted by molar-refractivity contribution is 7.47. The maximum absolute atomic E-state index is 12.6. The standard InChI is InChI=1S/C49H98NO7P/c1-3-5-7-9-11-13-15-17-19-20-21-22-23-24-25-26-27-28-29-31-33-35-37-39-41-44-54-46-48(47-56-58(52,53)55-45-43-50)57-49(51)42-40-38-36-34-32-30-18-16-14-12-10-8-6-4-2/h16,18,48H,3-15,17,19-47,50H2,1-2H3,(H,52,53)/b18-16-. The molecule has 3 N–H and O–H groups in total. The molecular formula is C49H98NO7P. The van der Waals surface area contributed by atoms with E-state index >= 15 is 0 Å². The average Bonchev–Trinajstić information content (AvgIpc) is 3.21. The number of phosphoric ester groups is 1. The van der Waals surface area contributed by atoms with Gasteiger partial charge in [-0.3, -0.25) is 13.8 Å². The molecule has 0 amide bonds. The van der Waals surface area contributed by atoms with Crippen molar-refractivity contribution >= 4 is 13.8 Å². The predicted molar refractivity (Wildman–Crippen MR) is 247 cm³/mol. The highest BCUT2D eigenvalue weighted by atomic mass is 31.2. The summed E-state index contributed by atoms with van der Waals surface area (Å²) < 4.78 is 33.5. The third kappa shape index (κ3) is 46.3. The molecule has 2 atom stereocenters. The lowest BCUT2D eigenvalue weighted by Gasteiger charge is -2.20. The van der Waals surface area contributed by atoms with Crippen molar-refractivity contribution in [1.82, 2.24) is 0 Å². The van der Waals surface area contributed by atoms with Crippen LogP contribution in [0.4, 0.5) is 0 Å². The van der Waals surface area contributed by atoms with Crippen molar-refractivity contribution in [1.29, 1.82) is 0 Å². The van der Waals surface area contributed by atoms with Gasteiger partial charge >= 0.3 is 13.8 Å². The normalized spacial score (nSPS) is 13.4. The Morgan fingerprint density at radius 1 is 0.500 bits per heavy atom. The Kier molecular flexibility index (Phi) is 46.7. The van der Waals surface area contributed by atoms with E-state index in [0.717, 1.165) is 44.9 Å². The second kappa shape index (κ2) is 47.3. The molecule has 9 heteroatoms. The Morgan fingerprint density at radius 3 is 1.26 bits per heavy atom. The molecule has 0 saturated heterocycles. The summed E-state index contributed by atoms with van der Waals surface area (Å²) >= 11 is 0. The van der Waals surface area contributed by atoms with Crippen LogP contribution >= 0.6 is 7.82 Å². The summed E-state index contributed by atoms with van der Waals surface area (Å²) in [7, 11) is -4.28. The quantitative estimate of drug-likeness (QED) is 0.0269. The second-order valence-electron chi connectivity index (χ2n) is 17.0. The van der Waals surface area contributed by atoms with Crippen molar-refractivity contribution in [3.8, 4) is 0 Å². The Hall–Kier alpha value is -0.760. The Bertz CT molecular complexity index is 904.